The zero-order chi connectivity index (χ0) is 19.3. The average Bonchev–Trinajstić information content (AvgIpc) is 3.23. The number of carbonyl (C=O) groups is 1. The number of anilines is 1. The van der Waals surface area contributed by atoms with Crippen LogP contribution < -0.4 is 15.8 Å². The van der Waals surface area contributed by atoms with Gasteiger partial charge in [-0.2, -0.15) is 0 Å². The second kappa shape index (κ2) is 8.91. The van der Waals surface area contributed by atoms with E-state index in [1.54, 1.807) is 6.20 Å². The highest BCUT2D eigenvalue weighted by Gasteiger charge is 2.27. The molecule has 2 N–H and O–H groups in total. The molecule has 28 heavy (non-hydrogen) atoms. The van der Waals surface area contributed by atoms with Crippen LogP contribution >= 0.6 is 0 Å². The molecule has 3 fully saturated rings. The Morgan fingerprint density at radius 2 is 1.96 bits per heavy atom. The molecule has 1 atom stereocenters. The standard InChI is InChI=1S/C19H30N6O3/c26-18-17(20-5-6-21-18)24-9-11-25(12-10-24)19(27)22-15-3-7-23(8-4-15)14-16-2-1-13-28-16/h5-6,15-16H,1-4,7-14H2,(H,21,26)(H,22,27)/t16-/m1/s1. The van der Waals surface area contributed by atoms with Gasteiger partial charge in [0.25, 0.3) is 5.56 Å². The fourth-order valence-electron chi connectivity index (χ4n) is 4.29. The second-order valence-corrected chi connectivity index (χ2v) is 7.88. The number of likely N-dealkylation sites (tertiary alicyclic amines) is 1. The summed E-state index contributed by atoms with van der Waals surface area (Å²) in [7, 11) is 0. The van der Waals surface area contributed by atoms with Crippen LogP contribution in [0.5, 0.6) is 0 Å². The van der Waals surface area contributed by atoms with Crippen molar-refractivity contribution in [2.75, 3.05) is 57.3 Å². The Labute approximate surface area is 165 Å². The van der Waals surface area contributed by atoms with E-state index in [-0.39, 0.29) is 17.6 Å². The summed E-state index contributed by atoms with van der Waals surface area (Å²) < 4.78 is 5.73. The largest absolute Gasteiger partial charge is 0.377 e. The van der Waals surface area contributed by atoms with Gasteiger partial charge in [0.2, 0.25) is 0 Å². The van der Waals surface area contributed by atoms with E-state index >= 15 is 0 Å². The van der Waals surface area contributed by atoms with Crippen molar-refractivity contribution in [3.8, 4) is 0 Å². The molecule has 3 saturated heterocycles. The van der Waals surface area contributed by atoms with Gasteiger partial charge in [-0.05, 0) is 25.7 Å². The van der Waals surface area contributed by atoms with Crippen LogP contribution in [0.2, 0.25) is 0 Å². The number of nitrogens with one attached hydrogen (secondary N) is 2. The average molecular weight is 390 g/mol. The molecule has 154 valence electrons. The lowest BCUT2D eigenvalue weighted by Gasteiger charge is -2.37. The minimum absolute atomic E-state index is 0.00663. The highest BCUT2D eigenvalue weighted by molar-refractivity contribution is 5.74. The van der Waals surface area contributed by atoms with Crippen LogP contribution in [0.3, 0.4) is 0 Å². The number of rotatable bonds is 4. The molecule has 0 saturated carbocycles. The number of carbonyl (C=O) groups excluding carboxylic acids is 1. The lowest BCUT2D eigenvalue weighted by molar-refractivity contribution is 0.0628. The Hall–Kier alpha value is -2.13. The highest BCUT2D eigenvalue weighted by atomic mass is 16.5. The number of H-pyrrole nitrogens is 1. The first-order chi connectivity index (χ1) is 13.7. The van der Waals surface area contributed by atoms with Gasteiger partial charge in [0.05, 0.1) is 6.10 Å². The van der Waals surface area contributed by atoms with Crippen molar-refractivity contribution in [1.82, 2.24) is 25.1 Å². The molecule has 2 amide bonds. The van der Waals surface area contributed by atoms with Gasteiger partial charge in [0.15, 0.2) is 5.82 Å². The molecule has 4 heterocycles. The number of hydrogen-bond acceptors (Lipinski definition) is 6. The third-order valence-electron chi connectivity index (χ3n) is 5.96. The number of urea groups is 1. The van der Waals surface area contributed by atoms with Crippen LogP contribution in [0.4, 0.5) is 10.6 Å². The second-order valence-electron chi connectivity index (χ2n) is 7.88. The summed E-state index contributed by atoms with van der Waals surface area (Å²) in [6.07, 6.45) is 7.84. The topological polar surface area (TPSA) is 93.8 Å². The minimum atomic E-state index is -0.185. The third-order valence-corrected chi connectivity index (χ3v) is 5.96. The first kappa shape index (κ1) is 19.2. The molecular weight excluding hydrogens is 360 g/mol. The van der Waals surface area contributed by atoms with E-state index in [2.05, 4.69) is 20.2 Å². The van der Waals surface area contributed by atoms with E-state index in [1.165, 1.54) is 19.0 Å². The Bertz CT molecular complexity index is 704. The van der Waals surface area contributed by atoms with Gasteiger partial charge in [-0.15, -0.1) is 0 Å². The number of amides is 2. The molecular formula is C19H30N6O3. The number of nitrogens with zero attached hydrogens (tertiary/aromatic N) is 4. The van der Waals surface area contributed by atoms with Gasteiger partial charge in [-0.3, -0.25) is 4.79 Å². The summed E-state index contributed by atoms with van der Waals surface area (Å²) in [6, 6.07) is 0.247. The first-order valence-corrected chi connectivity index (χ1v) is 10.4. The van der Waals surface area contributed by atoms with Crippen LogP contribution in [-0.4, -0.2) is 90.4 Å². The van der Waals surface area contributed by atoms with E-state index in [0.29, 0.717) is 38.1 Å². The molecule has 0 bridgehead atoms. The number of hydrogen-bond donors (Lipinski definition) is 2. The van der Waals surface area contributed by atoms with E-state index < -0.39 is 0 Å². The molecule has 9 nitrogen and oxygen atoms in total. The normalized spacial score (nSPS) is 24.5. The van der Waals surface area contributed by atoms with Crippen molar-refractivity contribution >= 4 is 11.8 Å². The van der Waals surface area contributed by atoms with E-state index in [4.69, 9.17) is 4.74 Å². The van der Waals surface area contributed by atoms with Crippen molar-refractivity contribution < 1.29 is 9.53 Å². The van der Waals surface area contributed by atoms with Gasteiger partial charge >= 0.3 is 6.03 Å². The number of piperazine rings is 1. The third kappa shape index (κ3) is 4.64. The van der Waals surface area contributed by atoms with Crippen LogP contribution in [0.1, 0.15) is 25.7 Å². The molecule has 0 spiro atoms. The Balaban J connectivity index is 1.19. The maximum atomic E-state index is 12.6. The first-order valence-electron chi connectivity index (χ1n) is 10.4. The summed E-state index contributed by atoms with van der Waals surface area (Å²) in [5.41, 5.74) is -0.185. The summed E-state index contributed by atoms with van der Waals surface area (Å²) in [4.78, 5) is 37.5. The molecule has 4 rings (SSSR count). The van der Waals surface area contributed by atoms with Crippen molar-refractivity contribution in [2.24, 2.45) is 0 Å². The zero-order valence-corrected chi connectivity index (χ0v) is 16.3. The van der Waals surface area contributed by atoms with Crippen LogP contribution in [0, 0.1) is 0 Å². The fraction of sp³-hybridized carbons (Fsp3) is 0.737. The highest BCUT2D eigenvalue weighted by Crippen LogP contribution is 2.17. The Morgan fingerprint density at radius 1 is 1.18 bits per heavy atom. The van der Waals surface area contributed by atoms with Gasteiger partial charge in [-0.1, -0.05) is 0 Å². The molecule has 3 aliphatic heterocycles. The SMILES string of the molecule is O=C(NC1CCN(C[C@H]2CCCO2)CC1)N1CCN(c2ncc[nH]c2=O)CC1. The predicted molar refractivity (Wildman–Crippen MR) is 106 cm³/mol. The lowest BCUT2D eigenvalue weighted by atomic mass is 10.0. The van der Waals surface area contributed by atoms with Crippen molar-refractivity contribution in [3.63, 3.8) is 0 Å². The molecule has 1 aromatic heterocycles. The van der Waals surface area contributed by atoms with Crippen LogP contribution in [0.15, 0.2) is 17.2 Å². The van der Waals surface area contributed by atoms with Gasteiger partial charge < -0.3 is 29.7 Å². The number of aromatic nitrogens is 2. The molecule has 9 heteroatoms. The monoisotopic (exact) mass is 390 g/mol. The van der Waals surface area contributed by atoms with E-state index in [0.717, 1.165) is 39.1 Å². The lowest BCUT2D eigenvalue weighted by Crippen LogP contribution is -2.55. The molecule has 1 aromatic rings. The Morgan fingerprint density at radius 3 is 2.64 bits per heavy atom. The Kier molecular flexibility index (Phi) is 6.11. The molecule has 0 aliphatic carbocycles. The van der Waals surface area contributed by atoms with E-state index in [9.17, 15) is 9.59 Å². The maximum absolute atomic E-state index is 12.6. The number of ether oxygens (including phenoxy) is 1. The zero-order valence-electron chi connectivity index (χ0n) is 16.3. The fourth-order valence-corrected chi connectivity index (χ4v) is 4.29. The van der Waals surface area contributed by atoms with E-state index in [1.807, 2.05) is 9.80 Å². The summed E-state index contributed by atoms with van der Waals surface area (Å²) in [6.45, 7) is 6.39. The number of piperidine rings is 1. The van der Waals surface area contributed by atoms with Crippen LogP contribution in [0.25, 0.3) is 0 Å². The van der Waals surface area contributed by atoms with Crippen molar-refractivity contribution in [3.05, 3.63) is 22.7 Å². The molecule has 3 aliphatic rings. The molecule has 0 aromatic carbocycles. The molecule has 0 radical (unpaired) electrons. The predicted octanol–water partition coefficient (Wildman–Crippen LogP) is 0.245. The summed E-state index contributed by atoms with van der Waals surface area (Å²) in [5, 5.41) is 3.20. The van der Waals surface area contributed by atoms with Crippen molar-refractivity contribution in [2.45, 2.75) is 37.8 Å². The molecule has 0 unspecified atom stereocenters. The maximum Gasteiger partial charge on any atom is 0.317 e. The number of aromatic amines is 1. The smallest absolute Gasteiger partial charge is 0.317 e. The minimum Gasteiger partial charge on any atom is -0.377 e. The van der Waals surface area contributed by atoms with Gasteiger partial charge in [-0.25, -0.2) is 9.78 Å². The van der Waals surface area contributed by atoms with Crippen LogP contribution in [-0.2, 0) is 4.74 Å². The summed E-state index contributed by atoms with van der Waals surface area (Å²) in [5.74, 6) is 0.432. The van der Waals surface area contributed by atoms with Crippen molar-refractivity contribution in [1.29, 1.82) is 0 Å². The quantitative estimate of drug-likeness (QED) is 0.765. The van der Waals surface area contributed by atoms with Gasteiger partial charge in [0.1, 0.15) is 0 Å². The summed E-state index contributed by atoms with van der Waals surface area (Å²) >= 11 is 0. The van der Waals surface area contributed by atoms with Gasteiger partial charge in [0, 0.05) is 70.9 Å².